The molecule has 26 heavy (non-hydrogen) atoms. The molecule has 7 nitrogen and oxygen atoms in total. The Kier molecular flexibility index (Phi) is 5.52. The summed E-state index contributed by atoms with van der Waals surface area (Å²) in [5.74, 6) is 1.15. The lowest BCUT2D eigenvalue weighted by molar-refractivity contribution is 0.0279. The Balaban J connectivity index is 1.71. The van der Waals surface area contributed by atoms with E-state index < -0.39 is 12.1 Å². The van der Waals surface area contributed by atoms with Crippen molar-refractivity contribution in [3.8, 4) is 22.3 Å². The second kappa shape index (κ2) is 8.01. The van der Waals surface area contributed by atoms with E-state index in [2.05, 4.69) is 10.2 Å². The average Bonchev–Trinajstić information content (AvgIpc) is 3.33. The van der Waals surface area contributed by atoms with Gasteiger partial charge in [-0.3, -0.25) is 0 Å². The summed E-state index contributed by atoms with van der Waals surface area (Å²) in [5, 5.41) is 9.86. The number of methoxy groups -OCH3 is 1. The molecule has 0 amide bonds. The van der Waals surface area contributed by atoms with Crippen molar-refractivity contribution in [3.63, 3.8) is 0 Å². The smallest absolute Gasteiger partial charge is 0.339 e. The molecule has 3 rings (SSSR count). The molecule has 2 aromatic heterocycles. The van der Waals surface area contributed by atoms with Gasteiger partial charge in [-0.05, 0) is 43.5 Å². The summed E-state index contributed by atoms with van der Waals surface area (Å²) in [5.41, 5.74) is 0.343. The summed E-state index contributed by atoms with van der Waals surface area (Å²) >= 11 is 1.49. The van der Waals surface area contributed by atoms with Crippen molar-refractivity contribution in [1.82, 2.24) is 10.2 Å². The number of carbonyl (C=O) groups is 1. The van der Waals surface area contributed by atoms with Gasteiger partial charge in [-0.1, -0.05) is 6.07 Å². The minimum absolute atomic E-state index is 0.236. The maximum absolute atomic E-state index is 12.4. The van der Waals surface area contributed by atoms with Crippen molar-refractivity contribution >= 4 is 17.3 Å². The van der Waals surface area contributed by atoms with Crippen LogP contribution in [0.2, 0.25) is 0 Å². The molecule has 0 saturated carbocycles. The Morgan fingerprint density at radius 1 is 1.27 bits per heavy atom. The number of hydrogen-bond donors (Lipinski definition) is 0. The lowest BCUT2D eigenvalue weighted by atomic mass is 10.2. The Labute approximate surface area is 154 Å². The van der Waals surface area contributed by atoms with Crippen LogP contribution in [-0.4, -0.2) is 29.9 Å². The van der Waals surface area contributed by atoms with Crippen molar-refractivity contribution in [3.05, 3.63) is 47.2 Å². The van der Waals surface area contributed by atoms with Gasteiger partial charge in [0.15, 0.2) is 17.6 Å². The highest BCUT2D eigenvalue weighted by atomic mass is 32.1. The monoisotopic (exact) mass is 374 g/mol. The van der Waals surface area contributed by atoms with E-state index in [9.17, 15) is 4.79 Å². The Bertz CT molecular complexity index is 876. The van der Waals surface area contributed by atoms with Crippen LogP contribution in [0.4, 0.5) is 0 Å². The van der Waals surface area contributed by atoms with E-state index in [1.165, 1.54) is 18.4 Å². The molecule has 0 fully saturated rings. The zero-order valence-corrected chi connectivity index (χ0v) is 15.4. The fourth-order valence-electron chi connectivity index (χ4n) is 2.25. The van der Waals surface area contributed by atoms with Gasteiger partial charge in [0.05, 0.1) is 24.2 Å². The van der Waals surface area contributed by atoms with Crippen LogP contribution in [0.5, 0.6) is 11.5 Å². The summed E-state index contributed by atoms with van der Waals surface area (Å²) < 4.78 is 21.7. The van der Waals surface area contributed by atoms with Gasteiger partial charge in [-0.25, -0.2) is 4.79 Å². The predicted octanol–water partition coefficient (Wildman–Crippen LogP) is 4.12. The third-order valence-corrected chi connectivity index (χ3v) is 4.36. The van der Waals surface area contributed by atoms with Crippen molar-refractivity contribution in [1.29, 1.82) is 0 Å². The van der Waals surface area contributed by atoms with Gasteiger partial charge in [0, 0.05) is 0 Å². The maximum atomic E-state index is 12.4. The largest absolute Gasteiger partial charge is 0.493 e. The first kappa shape index (κ1) is 17.9. The van der Waals surface area contributed by atoms with Crippen LogP contribution >= 0.6 is 11.3 Å². The van der Waals surface area contributed by atoms with Crippen LogP contribution in [0.15, 0.2) is 40.1 Å². The molecule has 0 spiro atoms. The van der Waals surface area contributed by atoms with Gasteiger partial charge in [-0.2, -0.15) is 0 Å². The summed E-state index contributed by atoms with van der Waals surface area (Å²) in [4.78, 5) is 13.3. The Morgan fingerprint density at radius 3 is 2.81 bits per heavy atom. The quantitative estimate of drug-likeness (QED) is 0.575. The molecule has 0 saturated heterocycles. The second-order valence-electron chi connectivity index (χ2n) is 5.27. The van der Waals surface area contributed by atoms with Crippen LogP contribution in [0.3, 0.4) is 0 Å². The Morgan fingerprint density at radius 2 is 2.12 bits per heavy atom. The van der Waals surface area contributed by atoms with Crippen molar-refractivity contribution < 1.29 is 23.4 Å². The third kappa shape index (κ3) is 3.85. The second-order valence-corrected chi connectivity index (χ2v) is 6.22. The molecule has 2 heterocycles. The molecular formula is C18H18N2O5S. The molecule has 0 bridgehead atoms. The molecule has 1 atom stereocenters. The molecule has 0 N–H and O–H groups in total. The zero-order chi connectivity index (χ0) is 18.5. The molecule has 136 valence electrons. The first-order valence-electron chi connectivity index (χ1n) is 8.01. The van der Waals surface area contributed by atoms with E-state index in [-0.39, 0.29) is 5.89 Å². The van der Waals surface area contributed by atoms with Crippen LogP contribution in [0.1, 0.15) is 36.2 Å². The van der Waals surface area contributed by atoms with Crippen molar-refractivity contribution in [2.45, 2.75) is 20.0 Å². The molecule has 8 heteroatoms. The molecule has 1 aromatic carbocycles. The van der Waals surface area contributed by atoms with E-state index >= 15 is 0 Å². The predicted molar refractivity (Wildman–Crippen MR) is 95.6 cm³/mol. The minimum atomic E-state index is -0.679. The number of thiophene rings is 1. The normalized spacial score (nSPS) is 11.8. The molecule has 0 aliphatic carbocycles. The average molecular weight is 374 g/mol. The molecule has 0 unspecified atom stereocenters. The van der Waals surface area contributed by atoms with Crippen molar-refractivity contribution in [2.24, 2.45) is 0 Å². The maximum Gasteiger partial charge on any atom is 0.339 e. The first-order chi connectivity index (χ1) is 12.6. The van der Waals surface area contributed by atoms with Crippen LogP contribution in [-0.2, 0) is 4.74 Å². The highest BCUT2D eigenvalue weighted by Crippen LogP contribution is 2.30. The highest BCUT2D eigenvalue weighted by molar-refractivity contribution is 7.13. The Hall–Kier alpha value is -2.87. The first-order valence-corrected chi connectivity index (χ1v) is 8.89. The number of ether oxygens (including phenoxy) is 3. The van der Waals surface area contributed by atoms with Gasteiger partial charge in [0.25, 0.3) is 11.8 Å². The molecule has 0 aliphatic rings. The van der Waals surface area contributed by atoms with Gasteiger partial charge >= 0.3 is 5.97 Å². The van der Waals surface area contributed by atoms with Crippen molar-refractivity contribution in [2.75, 3.05) is 13.7 Å². The lowest BCUT2D eigenvalue weighted by Gasteiger charge is -2.12. The summed E-state index contributed by atoms with van der Waals surface area (Å²) in [7, 11) is 1.51. The minimum Gasteiger partial charge on any atom is -0.493 e. The number of rotatable bonds is 7. The molecular weight excluding hydrogens is 356 g/mol. The molecule has 0 radical (unpaired) electrons. The van der Waals surface area contributed by atoms with Crippen LogP contribution < -0.4 is 9.47 Å². The van der Waals surface area contributed by atoms with Gasteiger partial charge in [-0.15, -0.1) is 21.5 Å². The van der Waals surface area contributed by atoms with E-state index in [1.54, 1.807) is 25.1 Å². The topological polar surface area (TPSA) is 83.7 Å². The van der Waals surface area contributed by atoms with E-state index in [1.807, 2.05) is 24.4 Å². The van der Waals surface area contributed by atoms with E-state index in [4.69, 9.17) is 18.6 Å². The van der Waals surface area contributed by atoms with Gasteiger partial charge < -0.3 is 18.6 Å². The number of hydrogen-bond acceptors (Lipinski definition) is 8. The zero-order valence-electron chi connectivity index (χ0n) is 14.6. The fraction of sp³-hybridized carbons (Fsp3) is 0.278. The van der Waals surface area contributed by atoms with E-state index in [0.717, 1.165) is 4.88 Å². The lowest BCUT2D eigenvalue weighted by Crippen LogP contribution is -2.10. The number of benzene rings is 1. The number of esters is 1. The SMILES string of the molecule is CCOc1ccc(C(=O)O[C@@H](C)c2nnc(-c3cccs3)o2)cc1OC. The summed E-state index contributed by atoms with van der Waals surface area (Å²) in [6.45, 7) is 4.05. The standard InChI is InChI=1S/C18H18N2O5S/c1-4-23-13-8-7-12(10-14(13)22-3)18(21)24-11(2)16-19-20-17(25-16)15-6-5-9-26-15/h5-11H,4H2,1-3H3/t11-/m0/s1. The highest BCUT2D eigenvalue weighted by Gasteiger charge is 2.21. The van der Waals surface area contributed by atoms with Crippen LogP contribution in [0.25, 0.3) is 10.8 Å². The number of carbonyl (C=O) groups excluding carboxylic acids is 1. The fourth-order valence-corrected chi connectivity index (χ4v) is 2.89. The summed E-state index contributed by atoms with van der Waals surface area (Å²) in [6, 6.07) is 8.64. The number of aromatic nitrogens is 2. The van der Waals surface area contributed by atoms with E-state index in [0.29, 0.717) is 29.6 Å². The van der Waals surface area contributed by atoms with Gasteiger partial charge in [0.1, 0.15) is 0 Å². The van der Waals surface area contributed by atoms with Gasteiger partial charge in [0.2, 0.25) is 0 Å². The number of nitrogens with zero attached hydrogens (tertiary/aromatic N) is 2. The third-order valence-electron chi connectivity index (χ3n) is 3.50. The van der Waals surface area contributed by atoms with Crippen LogP contribution in [0, 0.1) is 0 Å². The molecule has 0 aliphatic heterocycles. The summed E-state index contributed by atoms with van der Waals surface area (Å²) in [6.07, 6.45) is -0.679. The molecule has 3 aromatic rings.